The van der Waals surface area contributed by atoms with Gasteiger partial charge in [-0.1, -0.05) is 48.2 Å². The normalized spacial score (nSPS) is 11.1. The molecule has 0 radical (unpaired) electrons. The highest BCUT2D eigenvalue weighted by Gasteiger charge is 2.17. The molecule has 1 aromatic carbocycles. The summed E-state index contributed by atoms with van der Waals surface area (Å²) >= 11 is 4.38. The lowest BCUT2D eigenvalue weighted by Crippen LogP contribution is -2.26. The van der Waals surface area contributed by atoms with Gasteiger partial charge in [0.1, 0.15) is 4.83 Å². The first-order valence-corrected chi connectivity index (χ1v) is 11.9. The van der Waals surface area contributed by atoms with Crippen LogP contribution in [0.1, 0.15) is 12.5 Å². The molecule has 5 nitrogen and oxygen atoms in total. The summed E-state index contributed by atoms with van der Waals surface area (Å²) < 4.78 is 1.65. The van der Waals surface area contributed by atoms with Crippen LogP contribution in [0, 0.1) is 0 Å². The molecule has 0 aliphatic rings. The molecule has 1 N–H and O–H groups in total. The monoisotopic (exact) mass is 441 g/mol. The quantitative estimate of drug-likeness (QED) is 0.336. The number of fused-ring (bicyclic) bond motifs is 1. The highest BCUT2D eigenvalue weighted by molar-refractivity contribution is 7.99. The van der Waals surface area contributed by atoms with Gasteiger partial charge >= 0.3 is 0 Å². The molecule has 4 aromatic rings. The number of carbonyl (C=O) groups is 1. The number of thioether (sulfide) groups is 1. The standard InChI is InChI=1S/C21H19N3O2S3/c1-2-24-20(26)18-15(16-9-6-10-27-16)12-28-19(18)23-21(24)29-13-17(25)22-11-14-7-4-3-5-8-14/h3-10,12H,2,11,13H2,1H3,(H,22,25). The highest BCUT2D eigenvalue weighted by atomic mass is 32.2. The summed E-state index contributed by atoms with van der Waals surface area (Å²) in [5.74, 6) is 0.134. The van der Waals surface area contributed by atoms with E-state index < -0.39 is 0 Å². The fourth-order valence-corrected chi connectivity index (χ4v) is 5.68. The third-order valence-electron chi connectivity index (χ3n) is 4.43. The van der Waals surface area contributed by atoms with E-state index in [4.69, 9.17) is 4.98 Å². The number of nitrogens with one attached hydrogen (secondary N) is 1. The van der Waals surface area contributed by atoms with E-state index in [-0.39, 0.29) is 17.2 Å². The van der Waals surface area contributed by atoms with Crippen LogP contribution >= 0.6 is 34.4 Å². The van der Waals surface area contributed by atoms with Crippen LogP contribution in [0.3, 0.4) is 0 Å². The molecule has 29 heavy (non-hydrogen) atoms. The minimum Gasteiger partial charge on any atom is -0.351 e. The van der Waals surface area contributed by atoms with Crippen molar-refractivity contribution in [3.05, 3.63) is 69.1 Å². The molecule has 0 fully saturated rings. The number of aromatic nitrogens is 2. The zero-order valence-electron chi connectivity index (χ0n) is 15.8. The molecule has 0 aliphatic carbocycles. The Morgan fingerprint density at radius 2 is 2.00 bits per heavy atom. The Labute approximate surface area is 180 Å². The predicted octanol–water partition coefficient (Wildman–Crippen LogP) is 4.61. The van der Waals surface area contributed by atoms with Crippen LogP contribution in [0.15, 0.2) is 63.2 Å². The summed E-state index contributed by atoms with van der Waals surface area (Å²) in [5, 5.41) is 8.15. The van der Waals surface area contributed by atoms with Gasteiger partial charge in [0.15, 0.2) is 5.16 Å². The van der Waals surface area contributed by atoms with Crippen LogP contribution < -0.4 is 10.9 Å². The van der Waals surface area contributed by atoms with Crippen LogP contribution in [0.2, 0.25) is 0 Å². The van der Waals surface area contributed by atoms with Crippen LogP contribution in [-0.2, 0) is 17.9 Å². The second-order valence-electron chi connectivity index (χ2n) is 6.30. The summed E-state index contributed by atoms with van der Waals surface area (Å²) in [4.78, 5) is 31.9. The van der Waals surface area contributed by atoms with E-state index in [2.05, 4.69) is 5.32 Å². The zero-order chi connectivity index (χ0) is 20.2. The van der Waals surface area contributed by atoms with E-state index in [0.29, 0.717) is 23.6 Å². The third kappa shape index (κ3) is 4.29. The second-order valence-corrected chi connectivity index (χ2v) is 9.05. The molecule has 3 aromatic heterocycles. The maximum absolute atomic E-state index is 13.1. The molecule has 0 unspecified atom stereocenters. The third-order valence-corrected chi connectivity index (χ3v) is 7.18. The molecule has 0 saturated heterocycles. The molecule has 3 heterocycles. The average Bonchev–Trinajstić information content (AvgIpc) is 3.41. The van der Waals surface area contributed by atoms with Crippen molar-refractivity contribution in [1.82, 2.24) is 14.9 Å². The number of carbonyl (C=O) groups excluding carboxylic acids is 1. The minimum absolute atomic E-state index is 0.0469. The number of hydrogen-bond acceptors (Lipinski definition) is 6. The molecule has 0 atom stereocenters. The van der Waals surface area contributed by atoms with Gasteiger partial charge in [-0.2, -0.15) is 0 Å². The van der Waals surface area contributed by atoms with Crippen molar-refractivity contribution >= 4 is 50.6 Å². The van der Waals surface area contributed by atoms with Gasteiger partial charge in [-0.3, -0.25) is 14.2 Å². The molecule has 0 spiro atoms. The Morgan fingerprint density at radius 3 is 2.72 bits per heavy atom. The number of hydrogen-bond donors (Lipinski definition) is 1. The first kappa shape index (κ1) is 19.9. The van der Waals surface area contributed by atoms with Crippen LogP contribution in [0.25, 0.3) is 20.7 Å². The van der Waals surface area contributed by atoms with Gasteiger partial charge in [0.05, 0.1) is 11.1 Å². The lowest BCUT2D eigenvalue weighted by Gasteiger charge is -2.10. The Balaban J connectivity index is 1.53. The second kappa shape index (κ2) is 8.94. The Morgan fingerprint density at radius 1 is 1.17 bits per heavy atom. The van der Waals surface area contributed by atoms with Gasteiger partial charge in [0.2, 0.25) is 5.91 Å². The number of thiophene rings is 2. The van der Waals surface area contributed by atoms with Crippen molar-refractivity contribution < 1.29 is 4.79 Å². The molecule has 0 bridgehead atoms. The smallest absolute Gasteiger partial charge is 0.263 e. The van der Waals surface area contributed by atoms with E-state index in [1.54, 1.807) is 15.9 Å². The SMILES string of the molecule is CCn1c(SCC(=O)NCc2ccccc2)nc2scc(-c3cccs3)c2c1=O. The van der Waals surface area contributed by atoms with E-state index in [1.165, 1.54) is 23.1 Å². The van der Waals surface area contributed by atoms with Crippen LogP contribution in [0.4, 0.5) is 0 Å². The molecule has 1 amide bonds. The van der Waals surface area contributed by atoms with Crippen LogP contribution in [-0.4, -0.2) is 21.2 Å². The van der Waals surface area contributed by atoms with E-state index in [0.717, 1.165) is 20.8 Å². The number of rotatable bonds is 7. The minimum atomic E-state index is -0.0821. The summed E-state index contributed by atoms with van der Waals surface area (Å²) in [7, 11) is 0. The maximum atomic E-state index is 13.1. The summed E-state index contributed by atoms with van der Waals surface area (Å²) in [5.41, 5.74) is 1.95. The van der Waals surface area contributed by atoms with Crippen molar-refractivity contribution in [1.29, 1.82) is 0 Å². The van der Waals surface area contributed by atoms with Gasteiger partial charge in [-0.05, 0) is 23.9 Å². The van der Waals surface area contributed by atoms with Gasteiger partial charge in [-0.15, -0.1) is 22.7 Å². The highest BCUT2D eigenvalue weighted by Crippen LogP contribution is 2.34. The molecule has 0 aliphatic heterocycles. The first-order valence-electron chi connectivity index (χ1n) is 9.16. The fraction of sp³-hybridized carbons (Fsp3) is 0.190. The van der Waals surface area contributed by atoms with E-state index in [1.807, 2.05) is 60.1 Å². The number of benzene rings is 1. The number of amides is 1. The maximum Gasteiger partial charge on any atom is 0.263 e. The zero-order valence-corrected chi connectivity index (χ0v) is 18.2. The first-order chi connectivity index (χ1) is 14.2. The summed E-state index contributed by atoms with van der Waals surface area (Å²) in [6.07, 6.45) is 0. The Hall–Kier alpha value is -2.42. The van der Waals surface area contributed by atoms with Crippen molar-refractivity contribution in [3.63, 3.8) is 0 Å². The van der Waals surface area contributed by atoms with Crippen molar-refractivity contribution in [2.75, 3.05) is 5.75 Å². The summed E-state index contributed by atoms with van der Waals surface area (Å²) in [6.45, 7) is 2.92. The van der Waals surface area contributed by atoms with Crippen LogP contribution in [0.5, 0.6) is 0 Å². The van der Waals surface area contributed by atoms with Crippen molar-refractivity contribution in [2.24, 2.45) is 0 Å². The van der Waals surface area contributed by atoms with Gasteiger partial charge in [-0.25, -0.2) is 4.98 Å². The predicted molar refractivity (Wildman–Crippen MR) is 122 cm³/mol. The topological polar surface area (TPSA) is 64.0 Å². The molecule has 0 saturated carbocycles. The average molecular weight is 442 g/mol. The molecule has 4 rings (SSSR count). The Kier molecular flexibility index (Phi) is 6.13. The van der Waals surface area contributed by atoms with Crippen molar-refractivity contribution in [3.8, 4) is 10.4 Å². The van der Waals surface area contributed by atoms with Gasteiger partial charge in [0, 0.05) is 28.9 Å². The largest absolute Gasteiger partial charge is 0.351 e. The van der Waals surface area contributed by atoms with Crippen molar-refractivity contribution in [2.45, 2.75) is 25.2 Å². The van der Waals surface area contributed by atoms with Gasteiger partial charge < -0.3 is 5.32 Å². The molecule has 148 valence electrons. The number of nitrogens with zero attached hydrogens (tertiary/aromatic N) is 2. The van der Waals surface area contributed by atoms with E-state index in [9.17, 15) is 9.59 Å². The van der Waals surface area contributed by atoms with E-state index >= 15 is 0 Å². The molecular formula is C21H19N3O2S3. The fourth-order valence-electron chi connectivity index (χ4n) is 2.99. The lowest BCUT2D eigenvalue weighted by molar-refractivity contribution is -0.118. The lowest BCUT2D eigenvalue weighted by atomic mass is 10.2. The van der Waals surface area contributed by atoms with Gasteiger partial charge in [0.25, 0.3) is 5.56 Å². The Bertz CT molecular complexity index is 1180. The molecular weight excluding hydrogens is 422 g/mol. The summed E-state index contributed by atoms with van der Waals surface area (Å²) in [6, 6.07) is 13.8. The molecule has 8 heteroatoms.